The van der Waals surface area contributed by atoms with Crippen molar-refractivity contribution in [2.75, 3.05) is 19.6 Å². The molecule has 0 radical (unpaired) electrons. The number of nitrogens with zero attached hydrogens (tertiary/aromatic N) is 1. The number of amides is 6. The number of nitrogens with one attached hydrogen (secondary N) is 7. The van der Waals surface area contributed by atoms with E-state index in [1.54, 1.807) is 92.6 Å². The number of fused-ring (bicyclic) bond motifs is 1. The van der Waals surface area contributed by atoms with Crippen molar-refractivity contribution in [3.63, 3.8) is 0 Å². The maximum Gasteiger partial charge on any atom is 0.407 e. The Labute approximate surface area is 416 Å². The Morgan fingerprint density at radius 3 is 1.99 bits per heavy atom. The number of rotatable bonds is 15. The Bertz CT molecular complexity index is 2450. The largest absolute Gasteiger partial charge is 0.487 e. The van der Waals surface area contributed by atoms with Gasteiger partial charge >= 0.3 is 12.1 Å². The number of ether oxygens (including phenoxy) is 3. The van der Waals surface area contributed by atoms with Crippen LogP contribution in [0.4, 0.5) is 4.79 Å². The zero-order valence-electron chi connectivity index (χ0n) is 42.8. The molecule has 392 valence electrons. The maximum atomic E-state index is 14.3. The maximum absolute atomic E-state index is 14.3. The van der Waals surface area contributed by atoms with E-state index in [2.05, 4.69) is 41.6 Å². The molecule has 0 aromatic heterocycles. The number of unbranched alkanes of at least 4 members (excludes halogenated alkanes) is 1. The Balaban J connectivity index is 1.60. The number of hydrogen-bond acceptors (Lipinski definition) is 13. The van der Waals surface area contributed by atoms with Crippen molar-refractivity contribution in [3.05, 3.63) is 58.1 Å². The fourth-order valence-corrected chi connectivity index (χ4v) is 9.57. The molecule has 0 saturated carbocycles. The summed E-state index contributed by atoms with van der Waals surface area (Å²) >= 11 is 0. The lowest BCUT2D eigenvalue weighted by Crippen LogP contribution is -2.58. The van der Waals surface area contributed by atoms with Crippen molar-refractivity contribution in [2.24, 2.45) is 10.7 Å². The molecule has 4 rings (SSSR count). The molecule has 9 N–H and O–H groups in total. The van der Waals surface area contributed by atoms with E-state index in [1.807, 2.05) is 13.8 Å². The normalized spacial score (nSPS) is 20.3. The lowest BCUT2D eigenvalue weighted by atomic mass is 9.94. The molecule has 2 aromatic rings. The molecule has 2 aromatic carbocycles. The van der Waals surface area contributed by atoms with Gasteiger partial charge in [-0.3, -0.25) is 33.8 Å². The molecule has 22 heteroatoms. The number of nitrogens with two attached hydrogens (primary N) is 1. The Morgan fingerprint density at radius 2 is 1.35 bits per heavy atom. The fourth-order valence-electron chi connectivity index (χ4n) is 8.05. The van der Waals surface area contributed by atoms with E-state index in [1.165, 1.54) is 0 Å². The molecular weight excluding hydrogens is 939 g/mol. The van der Waals surface area contributed by atoms with Crippen LogP contribution in [0.5, 0.6) is 5.75 Å². The topological polar surface area (TPSA) is 304 Å². The summed E-state index contributed by atoms with van der Waals surface area (Å²) in [6.45, 7) is 18.5. The summed E-state index contributed by atoms with van der Waals surface area (Å²) in [6.07, 6.45) is -0.165. The average Bonchev–Trinajstić information content (AvgIpc) is 3.58. The second-order valence-corrected chi connectivity index (χ2v) is 22.1. The second kappa shape index (κ2) is 24.1. The highest BCUT2D eigenvalue weighted by Crippen LogP contribution is 2.43. The van der Waals surface area contributed by atoms with Gasteiger partial charge in [-0.05, 0) is 131 Å². The van der Waals surface area contributed by atoms with E-state index in [9.17, 15) is 42.0 Å². The van der Waals surface area contributed by atoms with Crippen molar-refractivity contribution in [1.29, 1.82) is 0 Å². The molecule has 6 amide bonds. The minimum absolute atomic E-state index is 0.0175. The zero-order valence-corrected chi connectivity index (χ0v) is 43.6. The van der Waals surface area contributed by atoms with E-state index in [0.29, 0.717) is 40.8 Å². The molecule has 1 fully saturated rings. The quantitative estimate of drug-likeness (QED) is 0.0551. The van der Waals surface area contributed by atoms with Gasteiger partial charge in [0.15, 0.2) is 0 Å². The molecular formula is C49H73N9O12S. The van der Waals surface area contributed by atoms with Gasteiger partial charge in [0, 0.05) is 31.5 Å². The Hall–Kier alpha value is -6.45. The van der Waals surface area contributed by atoms with E-state index in [-0.39, 0.29) is 50.1 Å². The monoisotopic (exact) mass is 1010 g/mol. The molecule has 1 saturated heterocycles. The number of esters is 1. The first-order chi connectivity index (χ1) is 32.9. The summed E-state index contributed by atoms with van der Waals surface area (Å²) < 4.78 is 46.8. The third-order valence-corrected chi connectivity index (χ3v) is 13.0. The number of sulfonamides is 1. The first-order valence-corrected chi connectivity index (χ1v) is 25.3. The van der Waals surface area contributed by atoms with Crippen molar-refractivity contribution >= 4 is 57.6 Å². The molecule has 0 spiro atoms. The molecule has 21 nitrogen and oxygen atoms in total. The van der Waals surface area contributed by atoms with Crippen molar-refractivity contribution < 1.29 is 56.2 Å². The van der Waals surface area contributed by atoms with Gasteiger partial charge in [-0.2, -0.15) is 0 Å². The molecule has 0 bridgehead atoms. The molecule has 2 aliphatic rings. The molecule has 1 unspecified atom stereocenters. The van der Waals surface area contributed by atoms with Crippen molar-refractivity contribution in [1.82, 2.24) is 36.6 Å². The van der Waals surface area contributed by atoms with Crippen LogP contribution < -0.4 is 47.1 Å². The van der Waals surface area contributed by atoms with Crippen molar-refractivity contribution in [2.45, 2.75) is 173 Å². The molecule has 2 aliphatic heterocycles. The summed E-state index contributed by atoms with van der Waals surface area (Å²) in [5.41, 5.74) is 7.11. The van der Waals surface area contributed by atoms with Crippen LogP contribution in [-0.2, 0) is 61.1 Å². The standard InChI is InChI=1S/C49H73N9O12S/c1-28-29(2)40(30(3)32-26-49(10,11)69-39(28)32)71(66,67)58-45(50)51-23-17-21-33-41(61)53-27-37(59)54-36(25-38(60)68-47(4,5)6)44(64)57-35(24-31-18-13-12-14-19-31)43(63)56-34(42(62)55-33)20-15-16-22-52-46(65)70-48(7,8)9/h12-14,18-19,33-36H,15-17,20-27H2,1-11H3,(H,52,65)(H,53,61)(H,54,59)(H,55,62)(H,56,63)(H,57,64)(H3,50,51,58)/t33-,34-,35?,36-/m0/s1. The zero-order chi connectivity index (χ0) is 53.1. The molecule has 4 atom stereocenters. The first kappa shape index (κ1) is 57.1. The third kappa shape index (κ3) is 17.7. The number of hydrogen-bond donors (Lipinski definition) is 8. The van der Waals surface area contributed by atoms with E-state index in [4.69, 9.17) is 19.9 Å². The predicted octanol–water partition coefficient (Wildman–Crippen LogP) is 2.44. The van der Waals surface area contributed by atoms with Crippen LogP contribution in [0.3, 0.4) is 0 Å². The van der Waals surface area contributed by atoms with Crippen LogP contribution in [0.25, 0.3) is 0 Å². The number of guanidine groups is 1. The average molecular weight is 1010 g/mol. The smallest absolute Gasteiger partial charge is 0.407 e. The molecule has 2 heterocycles. The number of carbonyl (C=O) groups is 7. The number of aliphatic imine (C=N–C) groups is 1. The Morgan fingerprint density at radius 1 is 0.775 bits per heavy atom. The SMILES string of the molecule is Cc1c(C)c(S(=O)(=O)NC(N)=NCCC[C@@H]2NC(=O)[C@H](CCCCNC(=O)OC(C)(C)C)NC(=O)C(Cc3ccccc3)NC(=O)[C@H](CC(=O)OC(C)(C)C)NC(=O)CNC2=O)c(C)c2c1OC(C)(C)C2. The van der Waals surface area contributed by atoms with E-state index >= 15 is 0 Å². The minimum Gasteiger partial charge on any atom is -0.487 e. The van der Waals surface area contributed by atoms with Gasteiger partial charge in [0.25, 0.3) is 10.0 Å². The van der Waals surface area contributed by atoms with Gasteiger partial charge in [0.05, 0.1) is 17.9 Å². The van der Waals surface area contributed by atoms with Crippen LogP contribution in [-0.4, -0.2) is 117 Å². The van der Waals surface area contributed by atoms with Gasteiger partial charge < -0.3 is 51.8 Å². The van der Waals surface area contributed by atoms with E-state index in [0.717, 1.165) is 5.56 Å². The number of carbonyl (C=O) groups excluding carboxylic acids is 7. The highest BCUT2D eigenvalue weighted by molar-refractivity contribution is 7.90. The molecule has 0 aliphatic carbocycles. The van der Waals surface area contributed by atoms with Crippen LogP contribution >= 0.6 is 0 Å². The lowest BCUT2D eigenvalue weighted by Gasteiger charge is -2.26. The van der Waals surface area contributed by atoms with Crippen LogP contribution in [0, 0.1) is 20.8 Å². The minimum atomic E-state index is -4.22. The third-order valence-electron chi connectivity index (χ3n) is 11.4. The summed E-state index contributed by atoms with van der Waals surface area (Å²) in [4.78, 5) is 99.2. The van der Waals surface area contributed by atoms with Gasteiger partial charge in [-0.25, -0.2) is 17.9 Å². The van der Waals surface area contributed by atoms with Crippen molar-refractivity contribution in [3.8, 4) is 5.75 Å². The highest BCUT2D eigenvalue weighted by Gasteiger charge is 2.38. The lowest BCUT2D eigenvalue weighted by molar-refractivity contribution is -0.156. The summed E-state index contributed by atoms with van der Waals surface area (Å²) in [7, 11) is -4.22. The predicted molar refractivity (Wildman–Crippen MR) is 265 cm³/mol. The van der Waals surface area contributed by atoms with E-state index < -0.39 is 112 Å². The van der Waals surface area contributed by atoms with Gasteiger partial charge in [0.1, 0.15) is 46.7 Å². The van der Waals surface area contributed by atoms with Crippen LogP contribution in [0.1, 0.15) is 122 Å². The Kier molecular flexibility index (Phi) is 19.4. The highest BCUT2D eigenvalue weighted by atomic mass is 32.2. The fraction of sp³-hybridized carbons (Fsp3) is 0.592. The van der Waals surface area contributed by atoms with Crippen LogP contribution in [0.2, 0.25) is 0 Å². The second-order valence-electron chi connectivity index (χ2n) is 20.5. The summed E-state index contributed by atoms with van der Waals surface area (Å²) in [5, 5.41) is 15.7. The van der Waals surface area contributed by atoms with Gasteiger partial charge in [-0.15, -0.1) is 0 Å². The summed E-state index contributed by atoms with van der Waals surface area (Å²) in [5.74, 6) is -4.70. The first-order valence-electron chi connectivity index (χ1n) is 23.8. The van der Waals surface area contributed by atoms with Crippen LogP contribution in [0.15, 0.2) is 40.2 Å². The van der Waals surface area contributed by atoms with Gasteiger partial charge in [0.2, 0.25) is 35.5 Å². The van der Waals surface area contributed by atoms with Gasteiger partial charge in [-0.1, -0.05) is 30.3 Å². The number of benzene rings is 2. The molecule has 71 heavy (non-hydrogen) atoms. The summed E-state index contributed by atoms with van der Waals surface area (Å²) in [6, 6.07) is 3.24. The number of alkyl carbamates (subject to hydrolysis) is 1.